The number of hydrogen-bond donors (Lipinski definition) is 1. The van der Waals surface area contributed by atoms with Crippen LogP contribution >= 0.6 is 0 Å². The SMILES string of the molecule is CCCC1CCCN(C(C)c2ccc(O)cc2F)CC1. The van der Waals surface area contributed by atoms with Crippen LogP contribution in [-0.2, 0) is 0 Å². The normalized spacial score (nSPS) is 22.4. The monoisotopic (exact) mass is 279 g/mol. The largest absolute Gasteiger partial charge is 0.508 e. The molecule has 20 heavy (non-hydrogen) atoms. The highest BCUT2D eigenvalue weighted by Crippen LogP contribution is 2.30. The molecule has 0 radical (unpaired) electrons. The molecule has 1 aliphatic rings. The minimum Gasteiger partial charge on any atom is -0.508 e. The predicted molar refractivity (Wildman–Crippen MR) is 80.3 cm³/mol. The summed E-state index contributed by atoms with van der Waals surface area (Å²) in [4.78, 5) is 2.38. The molecule has 1 aromatic rings. The molecule has 0 aromatic heterocycles. The molecular weight excluding hydrogens is 253 g/mol. The summed E-state index contributed by atoms with van der Waals surface area (Å²) in [5.74, 6) is 0.533. The molecule has 2 rings (SSSR count). The zero-order valence-electron chi connectivity index (χ0n) is 12.6. The highest BCUT2D eigenvalue weighted by molar-refractivity contribution is 5.29. The lowest BCUT2D eigenvalue weighted by atomic mass is 9.96. The standard InChI is InChI=1S/C17H26FNO/c1-3-5-14-6-4-10-19(11-9-14)13(2)16-8-7-15(20)12-17(16)18/h7-8,12-14,20H,3-6,9-11H2,1-2H3. The zero-order valence-corrected chi connectivity index (χ0v) is 12.6. The summed E-state index contributed by atoms with van der Waals surface area (Å²) in [5.41, 5.74) is 0.691. The van der Waals surface area contributed by atoms with Gasteiger partial charge in [0, 0.05) is 17.7 Å². The molecule has 0 saturated carbocycles. The van der Waals surface area contributed by atoms with E-state index in [-0.39, 0.29) is 17.6 Å². The van der Waals surface area contributed by atoms with E-state index in [1.54, 1.807) is 12.1 Å². The first-order chi connectivity index (χ1) is 9.61. The molecule has 1 fully saturated rings. The van der Waals surface area contributed by atoms with E-state index in [1.807, 2.05) is 0 Å². The molecule has 3 heteroatoms. The summed E-state index contributed by atoms with van der Waals surface area (Å²) in [6.07, 6.45) is 6.30. The fourth-order valence-electron chi connectivity index (χ4n) is 3.32. The summed E-state index contributed by atoms with van der Waals surface area (Å²) in [6, 6.07) is 4.58. The molecule has 112 valence electrons. The van der Waals surface area contributed by atoms with E-state index in [0.29, 0.717) is 5.56 Å². The Kier molecular flexibility index (Phi) is 5.41. The Bertz CT molecular complexity index is 435. The molecule has 1 aliphatic heterocycles. The minimum absolute atomic E-state index is 0.00248. The Morgan fingerprint density at radius 3 is 2.85 bits per heavy atom. The van der Waals surface area contributed by atoms with Crippen molar-refractivity contribution in [2.75, 3.05) is 13.1 Å². The van der Waals surface area contributed by atoms with Crippen molar-refractivity contribution in [2.45, 2.75) is 52.0 Å². The van der Waals surface area contributed by atoms with Crippen LogP contribution < -0.4 is 0 Å². The summed E-state index contributed by atoms with van der Waals surface area (Å²) < 4.78 is 14.0. The molecule has 2 unspecified atom stereocenters. The first kappa shape index (κ1) is 15.3. The van der Waals surface area contributed by atoms with Crippen molar-refractivity contribution < 1.29 is 9.50 Å². The average molecular weight is 279 g/mol. The quantitative estimate of drug-likeness (QED) is 0.877. The molecule has 1 N–H and O–H groups in total. The highest BCUT2D eigenvalue weighted by Gasteiger charge is 2.23. The summed E-state index contributed by atoms with van der Waals surface area (Å²) in [7, 11) is 0. The summed E-state index contributed by atoms with van der Waals surface area (Å²) >= 11 is 0. The number of benzene rings is 1. The van der Waals surface area contributed by atoms with Crippen LogP contribution in [0.15, 0.2) is 18.2 Å². The van der Waals surface area contributed by atoms with Gasteiger partial charge in [0.15, 0.2) is 0 Å². The molecule has 0 bridgehead atoms. The van der Waals surface area contributed by atoms with E-state index >= 15 is 0 Å². The number of aromatic hydroxyl groups is 1. The maximum Gasteiger partial charge on any atom is 0.131 e. The van der Waals surface area contributed by atoms with Gasteiger partial charge in [0.1, 0.15) is 11.6 Å². The lowest BCUT2D eigenvalue weighted by Gasteiger charge is -2.28. The summed E-state index contributed by atoms with van der Waals surface area (Å²) in [5, 5.41) is 9.31. The van der Waals surface area contributed by atoms with Crippen LogP contribution in [-0.4, -0.2) is 23.1 Å². The Morgan fingerprint density at radius 1 is 1.35 bits per heavy atom. The van der Waals surface area contributed by atoms with Crippen molar-refractivity contribution in [1.82, 2.24) is 4.90 Å². The number of phenolic OH excluding ortho intramolecular Hbond substituents is 1. The van der Waals surface area contributed by atoms with Gasteiger partial charge in [-0.15, -0.1) is 0 Å². The smallest absolute Gasteiger partial charge is 0.131 e. The Balaban J connectivity index is 2.03. The van der Waals surface area contributed by atoms with Crippen LogP contribution in [0.3, 0.4) is 0 Å². The number of phenols is 1. The zero-order chi connectivity index (χ0) is 14.5. The molecule has 2 nitrogen and oxygen atoms in total. The fourth-order valence-corrected chi connectivity index (χ4v) is 3.32. The van der Waals surface area contributed by atoms with E-state index < -0.39 is 0 Å². The van der Waals surface area contributed by atoms with Crippen molar-refractivity contribution in [3.63, 3.8) is 0 Å². The van der Waals surface area contributed by atoms with Crippen LogP contribution in [0.1, 0.15) is 57.6 Å². The number of hydrogen-bond acceptors (Lipinski definition) is 2. The third-order valence-electron chi connectivity index (χ3n) is 4.56. The molecule has 2 atom stereocenters. The van der Waals surface area contributed by atoms with E-state index in [9.17, 15) is 9.50 Å². The van der Waals surface area contributed by atoms with Gasteiger partial charge in [0.2, 0.25) is 0 Å². The van der Waals surface area contributed by atoms with E-state index in [1.165, 1.54) is 38.2 Å². The van der Waals surface area contributed by atoms with Crippen molar-refractivity contribution in [1.29, 1.82) is 0 Å². The molecule has 1 saturated heterocycles. The van der Waals surface area contributed by atoms with Crippen LogP contribution in [0.4, 0.5) is 4.39 Å². The van der Waals surface area contributed by atoms with Gasteiger partial charge in [-0.3, -0.25) is 4.90 Å². The second-order valence-corrected chi connectivity index (χ2v) is 6.00. The third-order valence-corrected chi connectivity index (χ3v) is 4.56. The van der Waals surface area contributed by atoms with Gasteiger partial charge in [-0.2, -0.15) is 0 Å². The molecule has 0 amide bonds. The van der Waals surface area contributed by atoms with Gasteiger partial charge in [0.25, 0.3) is 0 Å². The van der Waals surface area contributed by atoms with Gasteiger partial charge in [-0.25, -0.2) is 4.39 Å². The lowest BCUT2D eigenvalue weighted by molar-refractivity contribution is 0.211. The van der Waals surface area contributed by atoms with E-state index in [4.69, 9.17) is 0 Å². The number of rotatable bonds is 4. The van der Waals surface area contributed by atoms with Crippen LogP contribution in [0.25, 0.3) is 0 Å². The van der Waals surface area contributed by atoms with Gasteiger partial charge in [0.05, 0.1) is 0 Å². The molecule has 0 spiro atoms. The van der Waals surface area contributed by atoms with Gasteiger partial charge >= 0.3 is 0 Å². The van der Waals surface area contributed by atoms with E-state index in [2.05, 4.69) is 18.7 Å². The molecule has 1 aromatic carbocycles. The number of nitrogens with zero attached hydrogens (tertiary/aromatic N) is 1. The first-order valence-electron chi connectivity index (χ1n) is 7.84. The lowest BCUT2D eigenvalue weighted by Crippen LogP contribution is -2.28. The van der Waals surface area contributed by atoms with Crippen molar-refractivity contribution >= 4 is 0 Å². The van der Waals surface area contributed by atoms with E-state index in [0.717, 1.165) is 19.0 Å². The Hall–Kier alpha value is -1.09. The Labute approximate surface area is 121 Å². The van der Waals surface area contributed by atoms with Crippen molar-refractivity contribution in [2.24, 2.45) is 5.92 Å². The van der Waals surface area contributed by atoms with Gasteiger partial charge in [-0.1, -0.05) is 25.8 Å². The third kappa shape index (κ3) is 3.72. The highest BCUT2D eigenvalue weighted by atomic mass is 19.1. The van der Waals surface area contributed by atoms with Crippen molar-refractivity contribution in [3.8, 4) is 5.75 Å². The summed E-state index contributed by atoms with van der Waals surface area (Å²) in [6.45, 7) is 6.40. The first-order valence-corrected chi connectivity index (χ1v) is 7.84. The minimum atomic E-state index is -0.299. The van der Waals surface area contributed by atoms with Gasteiger partial charge in [-0.05, 0) is 51.3 Å². The number of likely N-dealkylation sites (tertiary alicyclic amines) is 1. The molecule has 1 heterocycles. The Morgan fingerprint density at radius 2 is 2.15 bits per heavy atom. The van der Waals surface area contributed by atoms with Crippen LogP contribution in [0, 0.1) is 11.7 Å². The second-order valence-electron chi connectivity index (χ2n) is 6.00. The molecule has 0 aliphatic carbocycles. The number of halogens is 1. The van der Waals surface area contributed by atoms with Crippen molar-refractivity contribution in [3.05, 3.63) is 29.6 Å². The van der Waals surface area contributed by atoms with Crippen LogP contribution in [0.2, 0.25) is 0 Å². The molecular formula is C17H26FNO. The van der Waals surface area contributed by atoms with Crippen LogP contribution in [0.5, 0.6) is 5.75 Å². The topological polar surface area (TPSA) is 23.5 Å². The second kappa shape index (κ2) is 7.07. The predicted octanol–water partition coefficient (Wildman–Crippen LogP) is 4.49. The maximum absolute atomic E-state index is 14.0. The maximum atomic E-state index is 14.0. The fraction of sp³-hybridized carbons (Fsp3) is 0.647. The average Bonchev–Trinajstić information content (AvgIpc) is 2.64. The van der Waals surface area contributed by atoms with Gasteiger partial charge < -0.3 is 5.11 Å².